The first-order valence-electron chi connectivity index (χ1n) is 9.94. The molecule has 2 aromatic rings. The van der Waals surface area contributed by atoms with E-state index in [0.29, 0.717) is 41.1 Å². The summed E-state index contributed by atoms with van der Waals surface area (Å²) in [7, 11) is 3.16. The molecule has 0 spiro atoms. The molecule has 2 aromatic carbocycles. The summed E-state index contributed by atoms with van der Waals surface area (Å²) in [5.74, 6) is 3.24. The fraction of sp³-hybridized carbons (Fsp3) is 0.435. The van der Waals surface area contributed by atoms with Crippen LogP contribution in [0, 0.1) is 5.92 Å². The van der Waals surface area contributed by atoms with Crippen molar-refractivity contribution in [2.45, 2.75) is 38.4 Å². The molecule has 29 heavy (non-hydrogen) atoms. The molecule has 3 aliphatic heterocycles. The Bertz CT molecular complexity index is 995. The Labute approximate surface area is 169 Å². The molecule has 5 rings (SSSR count). The molecule has 0 aromatic heterocycles. The van der Waals surface area contributed by atoms with Gasteiger partial charge >= 0.3 is 0 Å². The minimum absolute atomic E-state index is 0.0452. The van der Waals surface area contributed by atoms with Crippen molar-refractivity contribution in [2.75, 3.05) is 20.8 Å². The van der Waals surface area contributed by atoms with Crippen LogP contribution in [-0.2, 0) is 6.42 Å². The van der Waals surface area contributed by atoms with Crippen molar-refractivity contribution in [3.63, 3.8) is 0 Å². The van der Waals surface area contributed by atoms with E-state index in [1.807, 2.05) is 18.2 Å². The van der Waals surface area contributed by atoms with E-state index in [0.717, 1.165) is 23.3 Å². The maximum Gasteiger partial charge on any atom is 0.178 e. The van der Waals surface area contributed by atoms with E-state index in [4.69, 9.17) is 23.7 Å². The SMILES string of the molecule is COc1cc2c(cc1OC)[C@@H]1C(=O)c3ccc4c(c3O[C@H]1CO2)C[C@H](C(C)C)O4. The Morgan fingerprint density at radius 1 is 1.03 bits per heavy atom. The van der Waals surface area contributed by atoms with Crippen LogP contribution in [0.15, 0.2) is 24.3 Å². The summed E-state index contributed by atoms with van der Waals surface area (Å²) in [6.07, 6.45) is 0.474. The van der Waals surface area contributed by atoms with Crippen LogP contribution in [-0.4, -0.2) is 38.8 Å². The number of fused-ring (bicyclic) bond motifs is 6. The maximum atomic E-state index is 13.5. The molecule has 0 saturated heterocycles. The number of benzene rings is 2. The first-order chi connectivity index (χ1) is 14.0. The average molecular weight is 396 g/mol. The van der Waals surface area contributed by atoms with Gasteiger partial charge in [0.25, 0.3) is 0 Å². The van der Waals surface area contributed by atoms with Crippen molar-refractivity contribution in [1.29, 1.82) is 0 Å². The van der Waals surface area contributed by atoms with Gasteiger partial charge in [-0.15, -0.1) is 0 Å². The summed E-state index contributed by atoms with van der Waals surface area (Å²) in [6, 6.07) is 7.32. The number of methoxy groups -OCH3 is 2. The number of carbonyl (C=O) groups is 1. The average Bonchev–Trinajstić information content (AvgIpc) is 3.17. The van der Waals surface area contributed by atoms with Crippen LogP contribution < -0.4 is 23.7 Å². The third kappa shape index (κ3) is 2.65. The summed E-state index contributed by atoms with van der Waals surface area (Å²) >= 11 is 0. The van der Waals surface area contributed by atoms with Gasteiger partial charge in [0.05, 0.1) is 25.7 Å². The molecule has 0 radical (unpaired) electrons. The summed E-state index contributed by atoms with van der Waals surface area (Å²) in [5, 5.41) is 0. The monoisotopic (exact) mass is 396 g/mol. The molecule has 152 valence electrons. The van der Waals surface area contributed by atoms with Gasteiger partial charge in [0, 0.05) is 23.6 Å². The predicted octanol–water partition coefficient (Wildman–Crippen LogP) is 3.78. The Balaban J connectivity index is 1.57. The minimum atomic E-state index is -0.438. The topological polar surface area (TPSA) is 63.2 Å². The second kappa shape index (κ2) is 6.58. The predicted molar refractivity (Wildman–Crippen MR) is 106 cm³/mol. The Kier molecular flexibility index (Phi) is 4.12. The first-order valence-corrected chi connectivity index (χ1v) is 9.94. The third-order valence-electron chi connectivity index (χ3n) is 6.09. The third-order valence-corrected chi connectivity index (χ3v) is 6.09. The second-order valence-corrected chi connectivity index (χ2v) is 8.08. The van der Waals surface area contributed by atoms with E-state index < -0.39 is 5.92 Å². The highest BCUT2D eigenvalue weighted by Crippen LogP contribution is 2.49. The standard InChI is InChI=1S/C23H24O6/c1-11(2)16-8-14-15(28-16)6-5-12-22(24)21-13-7-18(25-3)19(26-4)9-17(13)27-10-20(21)29-23(12)14/h5-7,9,11,16,20-21H,8,10H2,1-4H3/t16-,20+,21+/m1/s1. The van der Waals surface area contributed by atoms with Crippen molar-refractivity contribution < 1.29 is 28.5 Å². The van der Waals surface area contributed by atoms with Crippen LogP contribution in [0.25, 0.3) is 0 Å². The number of hydrogen-bond acceptors (Lipinski definition) is 6. The van der Waals surface area contributed by atoms with Crippen molar-refractivity contribution >= 4 is 5.78 Å². The smallest absolute Gasteiger partial charge is 0.178 e. The molecule has 3 aliphatic rings. The molecule has 6 heteroatoms. The van der Waals surface area contributed by atoms with Gasteiger partial charge in [0.1, 0.15) is 36.1 Å². The van der Waals surface area contributed by atoms with E-state index >= 15 is 0 Å². The van der Waals surface area contributed by atoms with E-state index in [-0.39, 0.29) is 18.0 Å². The number of ether oxygens (including phenoxy) is 5. The molecular weight excluding hydrogens is 372 g/mol. The van der Waals surface area contributed by atoms with Gasteiger partial charge < -0.3 is 23.7 Å². The summed E-state index contributed by atoms with van der Waals surface area (Å²) in [6.45, 7) is 4.58. The zero-order valence-electron chi connectivity index (χ0n) is 17.0. The van der Waals surface area contributed by atoms with Crippen molar-refractivity contribution in [1.82, 2.24) is 0 Å². The van der Waals surface area contributed by atoms with Crippen molar-refractivity contribution in [3.8, 4) is 28.7 Å². The summed E-state index contributed by atoms with van der Waals surface area (Å²) in [5.41, 5.74) is 2.37. The van der Waals surface area contributed by atoms with Gasteiger partial charge in [-0.25, -0.2) is 0 Å². The van der Waals surface area contributed by atoms with Crippen LogP contribution in [0.2, 0.25) is 0 Å². The molecule has 0 unspecified atom stereocenters. The van der Waals surface area contributed by atoms with Gasteiger partial charge in [-0.05, 0) is 24.1 Å². The quantitative estimate of drug-likeness (QED) is 0.787. The molecule has 0 bridgehead atoms. The zero-order valence-corrected chi connectivity index (χ0v) is 17.0. The lowest BCUT2D eigenvalue weighted by Gasteiger charge is -2.37. The number of rotatable bonds is 3. The molecule has 3 heterocycles. The molecular formula is C23H24O6. The Hall–Kier alpha value is -2.89. The highest BCUT2D eigenvalue weighted by atomic mass is 16.5. The Morgan fingerprint density at radius 2 is 1.79 bits per heavy atom. The lowest BCUT2D eigenvalue weighted by Crippen LogP contribution is -2.43. The molecule has 6 nitrogen and oxygen atoms in total. The Morgan fingerprint density at radius 3 is 2.52 bits per heavy atom. The van der Waals surface area contributed by atoms with Crippen molar-refractivity contribution in [3.05, 3.63) is 41.0 Å². The number of hydrogen-bond donors (Lipinski definition) is 0. The number of ketones is 1. The lowest BCUT2D eigenvalue weighted by molar-refractivity contribution is 0.0554. The largest absolute Gasteiger partial charge is 0.493 e. The van der Waals surface area contributed by atoms with Gasteiger partial charge in [-0.1, -0.05) is 13.8 Å². The highest BCUT2D eigenvalue weighted by Gasteiger charge is 2.45. The fourth-order valence-electron chi connectivity index (χ4n) is 4.46. The second-order valence-electron chi connectivity index (χ2n) is 8.08. The molecule has 0 aliphatic carbocycles. The van der Waals surface area contributed by atoms with E-state index in [1.54, 1.807) is 20.3 Å². The zero-order chi connectivity index (χ0) is 20.3. The summed E-state index contributed by atoms with van der Waals surface area (Å²) in [4.78, 5) is 13.5. The molecule has 0 fully saturated rings. The van der Waals surface area contributed by atoms with E-state index in [1.165, 1.54) is 0 Å². The lowest BCUT2D eigenvalue weighted by atomic mass is 9.81. The molecule has 3 atom stereocenters. The van der Waals surface area contributed by atoms with Crippen LogP contribution >= 0.6 is 0 Å². The first kappa shape index (κ1) is 18.2. The number of carbonyl (C=O) groups excluding carboxylic acids is 1. The molecule has 0 saturated carbocycles. The number of Topliss-reactive ketones (excluding diaryl/α,β-unsaturated/α-hetero) is 1. The minimum Gasteiger partial charge on any atom is -0.493 e. The van der Waals surface area contributed by atoms with Crippen LogP contribution in [0.4, 0.5) is 0 Å². The normalized spacial score (nSPS) is 23.8. The molecule has 0 amide bonds. The van der Waals surface area contributed by atoms with Gasteiger partial charge in [-0.3, -0.25) is 4.79 Å². The van der Waals surface area contributed by atoms with Crippen LogP contribution in [0.3, 0.4) is 0 Å². The van der Waals surface area contributed by atoms with E-state index in [2.05, 4.69) is 13.8 Å². The van der Waals surface area contributed by atoms with Crippen LogP contribution in [0.5, 0.6) is 28.7 Å². The van der Waals surface area contributed by atoms with Crippen LogP contribution in [0.1, 0.15) is 41.3 Å². The van der Waals surface area contributed by atoms with Crippen molar-refractivity contribution in [2.24, 2.45) is 5.92 Å². The van der Waals surface area contributed by atoms with Gasteiger partial charge in [0.15, 0.2) is 17.3 Å². The molecule has 0 N–H and O–H groups in total. The summed E-state index contributed by atoms with van der Waals surface area (Å²) < 4.78 is 29.2. The fourth-order valence-corrected chi connectivity index (χ4v) is 4.46. The maximum absolute atomic E-state index is 13.5. The van der Waals surface area contributed by atoms with Gasteiger partial charge in [-0.2, -0.15) is 0 Å². The van der Waals surface area contributed by atoms with Gasteiger partial charge in [0.2, 0.25) is 0 Å². The van der Waals surface area contributed by atoms with E-state index in [9.17, 15) is 4.79 Å². The highest BCUT2D eigenvalue weighted by molar-refractivity contribution is 6.06.